The number of hydrogen-bond acceptors (Lipinski definition) is 3. The van der Waals surface area contributed by atoms with Crippen LogP contribution < -0.4 is 0 Å². The first-order valence-corrected chi connectivity index (χ1v) is 4.20. The molecule has 0 bridgehead atoms. The van der Waals surface area contributed by atoms with E-state index in [4.69, 9.17) is 11.6 Å². The number of benzene rings is 1. The highest BCUT2D eigenvalue weighted by Crippen LogP contribution is 2.23. The Balaban J connectivity index is 3.21. The number of nitro groups is 1. The standard InChI is InChI=1S/C7H6ClNO2S/c8-6-2-1-5(4-12)7(3-6)9(10)11/h1-3,12H,4H2. The van der Waals surface area contributed by atoms with E-state index in [0.717, 1.165) is 0 Å². The van der Waals surface area contributed by atoms with Crippen LogP contribution in [0.4, 0.5) is 5.69 Å². The van der Waals surface area contributed by atoms with Crippen LogP contribution in [0.2, 0.25) is 5.02 Å². The maximum atomic E-state index is 10.4. The summed E-state index contributed by atoms with van der Waals surface area (Å²) in [6.45, 7) is 0. The van der Waals surface area contributed by atoms with Crippen molar-refractivity contribution in [3.8, 4) is 0 Å². The summed E-state index contributed by atoms with van der Waals surface area (Å²) in [4.78, 5) is 9.98. The molecule has 0 aliphatic carbocycles. The van der Waals surface area contributed by atoms with Crippen molar-refractivity contribution in [2.75, 3.05) is 0 Å². The maximum Gasteiger partial charge on any atom is 0.274 e. The number of rotatable bonds is 2. The second-order valence-electron chi connectivity index (χ2n) is 2.19. The minimum Gasteiger partial charge on any atom is -0.258 e. The first kappa shape index (κ1) is 9.35. The van der Waals surface area contributed by atoms with E-state index < -0.39 is 4.92 Å². The van der Waals surface area contributed by atoms with Gasteiger partial charge >= 0.3 is 0 Å². The van der Waals surface area contributed by atoms with E-state index in [1.54, 1.807) is 12.1 Å². The normalized spacial score (nSPS) is 9.83. The average molecular weight is 204 g/mol. The lowest BCUT2D eigenvalue weighted by Gasteiger charge is -1.98. The first-order chi connectivity index (χ1) is 5.65. The molecule has 5 heteroatoms. The Bertz CT molecular complexity index is 316. The molecule has 0 unspecified atom stereocenters. The third kappa shape index (κ3) is 1.89. The summed E-state index contributed by atoms with van der Waals surface area (Å²) in [5.41, 5.74) is 0.602. The Morgan fingerprint density at radius 1 is 1.58 bits per heavy atom. The second kappa shape index (κ2) is 3.78. The first-order valence-electron chi connectivity index (χ1n) is 3.19. The van der Waals surface area contributed by atoms with Gasteiger partial charge in [0.25, 0.3) is 5.69 Å². The quantitative estimate of drug-likeness (QED) is 0.456. The van der Waals surface area contributed by atoms with E-state index in [1.807, 2.05) is 0 Å². The van der Waals surface area contributed by atoms with Crippen LogP contribution in [0, 0.1) is 10.1 Å². The lowest BCUT2D eigenvalue weighted by Crippen LogP contribution is -1.92. The van der Waals surface area contributed by atoms with Crippen molar-refractivity contribution in [1.29, 1.82) is 0 Å². The van der Waals surface area contributed by atoms with E-state index in [0.29, 0.717) is 16.3 Å². The Morgan fingerprint density at radius 2 is 2.25 bits per heavy atom. The number of halogens is 1. The molecule has 1 aromatic rings. The van der Waals surface area contributed by atoms with Gasteiger partial charge in [0.05, 0.1) is 4.92 Å². The van der Waals surface area contributed by atoms with Crippen LogP contribution in [0.3, 0.4) is 0 Å². The molecule has 12 heavy (non-hydrogen) atoms. The van der Waals surface area contributed by atoms with E-state index in [9.17, 15) is 10.1 Å². The molecule has 1 rings (SSSR count). The van der Waals surface area contributed by atoms with Crippen molar-refractivity contribution >= 4 is 29.9 Å². The van der Waals surface area contributed by atoms with Crippen LogP contribution >= 0.6 is 24.2 Å². The van der Waals surface area contributed by atoms with E-state index in [2.05, 4.69) is 12.6 Å². The van der Waals surface area contributed by atoms with Gasteiger partial charge in [-0.05, 0) is 12.1 Å². The molecule has 0 heterocycles. The molecule has 0 spiro atoms. The van der Waals surface area contributed by atoms with Gasteiger partial charge in [-0.2, -0.15) is 12.6 Å². The molecule has 0 N–H and O–H groups in total. The van der Waals surface area contributed by atoms with Crippen molar-refractivity contribution in [3.63, 3.8) is 0 Å². The predicted octanol–water partition coefficient (Wildman–Crippen LogP) is 2.68. The average Bonchev–Trinajstić information content (AvgIpc) is 2.04. The third-order valence-corrected chi connectivity index (χ3v) is 1.99. The zero-order valence-corrected chi connectivity index (χ0v) is 7.68. The van der Waals surface area contributed by atoms with Crippen molar-refractivity contribution in [2.45, 2.75) is 5.75 Å². The highest BCUT2D eigenvalue weighted by Gasteiger charge is 2.11. The van der Waals surface area contributed by atoms with Gasteiger partial charge in [0, 0.05) is 22.4 Å². The van der Waals surface area contributed by atoms with E-state index in [1.165, 1.54) is 6.07 Å². The predicted molar refractivity (Wildman–Crippen MR) is 50.8 cm³/mol. The molecule has 0 amide bonds. The molecule has 0 aliphatic rings. The van der Waals surface area contributed by atoms with Gasteiger partial charge in [-0.1, -0.05) is 11.6 Å². The summed E-state index contributed by atoms with van der Waals surface area (Å²) < 4.78 is 0. The molecular formula is C7H6ClNO2S. The summed E-state index contributed by atoms with van der Waals surface area (Å²) >= 11 is 9.55. The summed E-state index contributed by atoms with van der Waals surface area (Å²) in [7, 11) is 0. The molecule has 0 aliphatic heterocycles. The molecule has 64 valence electrons. The van der Waals surface area contributed by atoms with E-state index in [-0.39, 0.29) is 5.69 Å². The Labute approximate surface area is 79.9 Å². The van der Waals surface area contributed by atoms with Crippen molar-refractivity contribution in [1.82, 2.24) is 0 Å². The van der Waals surface area contributed by atoms with Crippen LogP contribution in [0.15, 0.2) is 18.2 Å². The highest BCUT2D eigenvalue weighted by atomic mass is 35.5. The van der Waals surface area contributed by atoms with Gasteiger partial charge < -0.3 is 0 Å². The minimum absolute atomic E-state index is 0.0255. The van der Waals surface area contributed by atoms with Crippen LogP contribution in [0.1, 0.15) is 5.56 Å². The van der Waals surface area contributed by atoms with Gasteiger partial charge in [0.1, 0.15) is 0 Å². The molecule has 0 saturated carbocycles. The fourth-order valence-electron chi connectivity index (χ4n) is 0.841. The molecule has 1 aromatic carbocycles. The van der Waals surface area contributed by atoms with Gasteiger partial charge in [-0.3, -0.25) is 10.1 Å². The Hall–Kier alpha value is -0.740. The summed E-state index contributed by atoms with van der Waals surface area (Å²) in [5, 5.41) is 10.8. The van der Waals surface area contributed by atoms with Crippen LogP contribution in [0.25, 0.3) is 0 Å². The molecule has 0 fully saturated rings. The van der Waals surface area contributed by atoms with Crippen molar-refractivity contribution in [2.24, 2.45) is 0 Å². The molecule has 0 aromatic heterocycles. The summed E-state index contributed by atoms with van der Waals surface area (Å²) in [5.74, 6) is 0.341. The number of hydrogen-bond donors (Lipinski definition) is 1. The highest BCUT2D eigenvalue weighted by molar-refractivity contribution is 7.79. The van der Waals surface area contributed by atoms with Crippen molar-refractivity contribution in [3.05, 3.63) is 38.9 Å². The topological polar surface area (TPSA) is 43.1 Å². The minimum atomic E-state index is -0.461. The van der Waals surface area contributed by atoms with Crippen LogP contribution in [-0.4, -0.2) is 4.92 Å². The maximum absolute atomic E-state index is 10.4. The Morgan fingerprint density at radius 3 is 2.75 bits per heavy atom. The number of thiol groups is 1. The second-order valence-corrected chi connectivity index (χ2v) is 2.94. The molecular weight excluding hydrogens is 198 g/mol. The van der Waals surface area contributed by atoms with Crippen LogP contribution in [-0.2, 0) is 5.75 Å². The molecule has 0 radical (unpaired) electrons. The fraction of sp³-hybridized carbons (Fsp3) is 0.143. The zero-order chi connectivity index (χ0) is 9.14. The summed E-state index contributed by atoms with van der Waals surface area (Å²) in [6.07, 6.45) is 0. The lowest BCUT2D eigenvalue weighted by molar-refractivity contribution is -0.385. The summed E-state index contributed by atoms with van der Waals surface area (Å²) in [6, 6.07) is 4.54. The van der Waals surface area contributed by atoms with Gasteiger partial charge in [-0.15, -0.1) is 0 Å². The third-order valence-electron chi connectivity index (χ3n) is 1.41. The zero-order valence-electron chi connectivity index (χ0n) is 6.03. The monoisotopic (exact) mass is 203 g/mol. The Kier molecular flexibility index (Phi) is 2.94. The molecule has 0 saturated heterocycles. The van der Waals surface area contributed by atoms with Crippen LogP contribution in [0.5, 0.6) is 0 Å². The smallest absolute Gasteiger partial charge is 0.258 e. The number of nitrogens with zero attached hydrogens (tertiary/aromatic N) is 1. The van der Waals surface area contributed by atoms with Gasteiger partial charge in [0.2, 0.25) is 0 Å². The van der Waals surface area contributed by atoms with Crippen molar-refractivity contribution < 1.29 is 4.92 Å². The van der Waals surface area contributed by atoms with E-state index >= 15 is 0 Å². The fourth-order valence-corrected chi connectivity index (χ4v) is 1.27. The largest absolute Gasteiger partial charge is 0.274 e. The SMILES string of the molecule is O=[N+]([O-])c1cc(Cl)ccc1CS. The molecule has 0 atom stereocenters. The van der Waals surface area contributed by atoms with Gasteiger partial charge in [-0.25, -0.2) is 0 Å². The molecule has 3 nitrogen and oxygen atoms in total. The lowest BCUT2D eigenvalue weighted by atomic mass is 10.2. The van der Waals surface area contributed by atoms with Gasteiger partial charge in [0.15, 0.2) is 0 Å². The number of nitro benzene ring substituents is 1.